The van der Waals surface area contributed by atoms with Gasteiger partial charge in [-0.15, -0.1) is 0 Å². The molecule has 0 aliphatic carbocycles. The van der Waals surface area contributed by atoms with Crippen molar-refractivity contribution < 1.29 is 13.6 Å². The number of nitrogens with zero attached hydrogens (tertiary/aromatic N) is 2. The van der Waals surface area contributed by atoms with Crippen LogP contribution in [0.5, 0.6) is 0 Å². The number of hydrogen-bond donors (Lipinski definition) is 0. The number of oxazole rings is 1. The zero-order valence-electron chi connectivity index (χ0n) is 11.8. The fourth-order valence-corrected chi connectivity index (χ4v) is 2.89. The number of carbonyl (C=O) groups is 1. The molecule has 0 radical (unpaired) electrons. The van der Waals surface area contributed by atoms with Crippen molar-refractivity contribution in [3.8, 4) is 0 Å². The van der Waals surface area contributed by atoms with Crippen LogP contribution in [-0.2, 0) is 17.6 Å². The van der Waals surface area contributed by atoms with Crippen LogP contribution in [0.15, 0.2) is 40.8 Å². The van der Waals surface area contributed by atoms with Gasteiger partial charge in [-0.2, -0.15) is 4.98 Å². The number of para-hydroxylation sites is 1. The molecule has 0 unspecified atom stereocenters. The van der Waals surface area contributed by atoms with E-state index in [9.17, 15) is 9.18 Å². The molecule has 2 aromatic carbocycles. The number of fused-ring (bicyclic) bond motifs is 2. The van der Waals surface area contributed by atoms with Crippen molar-refractivity contribution >= 4 is 29.1 Å². The second-order valence-electron chi connectivity index (χ2n) is 5.28. The van der Waals surface area contributed by atoms with Crippen molar-refractivity contribution in [2.45, 2.75) is 12.8 Å². The van der Waals surface area contributed by atoms with E-state index in [0.717, 1.165) is 18.7 Å². The normalized spacial score (nSPS) is 13.6. The molecule has 0 spiro atoms. The molecular weight excluding hydrogens is 283 g/mol. The molecule has 1 aliphatic rings. The van der Waals surface area contributed by atoms with Gasteiger partial charge in [0.15, 0.2) is 11.4 Å². The molecule has 0 amide bonds. The van der Waals surface area contributed by atoms with Crippen LogP contribution in [-0.4, -0.2) is 17.8 Å². The highest BCUT2D eigenvalue weighted by Gasteiger charge is 2.25. The zero-order chi connectivity index (χ0) is 15.1. The Balaban J connectivity index is 1.81. The SMILES string of the molecule is O=CCc1ccc2nc(N3CCc4ccccc43)oc2c1F. The number of anilines is 2. The molecule has 5 heteroatoms. The Hall–Kier alpha value is -2.69. The van der Waals surface area contributed by atoms with Gasteiger partial charge in [0.05, 0.1) is 0 Å². The van der Waals surface area contributed by atoms with E-state index in [2.05, 4.69) is 11.1 Å². The summed E-state index contributed by atoms with van der Waals surface area (Å²) in [5, 5.41) is 0. The summed E-state index contributed by atoms with van der Waals surface area (Å²) in [5.74, 6) is -0.504. The lowest BCUT2D eigenvalue weighted by atomic mass is 10.1. The molecule has 1 aromatic heterocycles. The number of aromatic nitrogens is 1. The standard InChI is InChI=1S/C17H13FN2O2/c18-15-12(8-10-21)5-6-13-16(15)22-17(19-13)20-9-7-11-3-1-2-4-14(11)20/h1-6,10H,7-9H2. The minimum absolute atomic E-state index is 0.0321. The third-order valence-electron chi connectivity index (χ3n) is 3.99. The Labute approximate surface area is 126 Å². The Morgan fingerprint density at radius 1 is 1.27 bits per heavy atom. The Morgan fingerprint density at radius 3 is 3.00 bits per heavy atom. The first-order valence-electron chi connectivity index (χ1n) is 7.15. The van der Waals surface area contributed by atoms with Crippen LogP contribution < -0.4 is 4.90 Å². The van der Waals surface area contributed by atoms with Crippen LogP contribution in [0.25, 0.3) is 11.1 Å². The summed E-state index contributed by atoms with van der Waals surface area (Å²) < 4.78 is 20.0. The summed E-state index contributed by atoms with van der Waals surface area (Å²) >= 11 is 0. The van der Waals surface area contributed by atoms with Crippen molar-refractivity contribution in [3.05, 3.63) is 53.3 Å². The lowest BCUT2D eigenvalue weighted by molar-refractivity contribution is -0.107. The molecule has 0 atom stereocenters. The molecule has 1 aliphatic heterocycles. The quantitative estimate of drug-likeness (QED) is 0.695. The molecule has 0 fully saturated rings. The first-order valence-corrected chi connectivity index (χ1v) is 7.15. The van der Waals surface area contributed by atoms with E-state index in [0.29, 0.717) is 23.4 Å². The largest absolute Gasteiger partial charge is 0.420 e. The van der Waals surface area contributed by atoms with Gasteiger partial charge in [0, 0.05) is 18.7 Å². The molecule has 4 nitrogen and oxygen atoms in total. The highest BCUT2D eigenvalue weighted by Crippen LogP contribution is 2.36. The van der Waals surface area contributed by atoms with Gasteiger partial charge in [0.25, 0.3) is 0 Å². The maximum Gasteiger partial charge on any atom is 0.303 e. The average Bonchev–Trinajstić information content (AvgIpc) is 3.14. The second kappa shape index (κ2) is 4.94. The molecule has 2 heterocycles. The number of aldehydes is 1. The topological polar surface area (TPSA) is 46.3 Å². The summed E-state index contributed by atoms with van der Waals surface area (Å²) in [6, 6.07) is 11.7. The van der Waals surface area contributed by atoms with E-state index in [-0.39, 0.29) is 12.0 Å². The number of halogens is 1. The van der Waals surface area contributed by atoms with Crippen LogP contribution in [0, 0.1) is 5.82 Å². The summed E-state index contributed by atoms with van der Waals surface area (Å²) in [6.07, 6.45) is 1.62. The van der Waals surface area contributed by atoms with E-state index in [1.54, 1.807) is 12.1 Å². The Kier molecular flexibility index (Phi) is 2.92. The van der Waals surface area contributed by atoms with Crippen LogP contribution in [0.1, 0.15) is 11.1 Å². The fraction of sp³-hybridized carbons (Fsp3) is 0.176. The van der Waals surface area contributed by atoms with Crippen molar-refractivity contribution in [1.82, 2.24) is 4.98 Å². The summed E-state index contributed by atoms with van der Waals surface area (Å²) in [5.41, 5.74) is 3.17. The van der Waals surface area contributed by atoms with E-state index in [4.69, 9.17) is 4.42 Å². The van der Waals surface area contributed by atoms with Crippen molar-refractivity contribution in [2.75, 3.05) is 11.4 Å². The lowest BCUT2D eigenvalue weighted by Gasteiger charge is -2.13. The predicted molar refractivity (Wildman–Crippen MR) is 80.9 cm³/mol. The number of carbonyl (C=O) groups excluding carboxylic acids is 1. The maximum absolute atomic E-state index is 14.3. The maximum atomic E-state index is 14.3. The Bertz CT molecular complexity index is 872. The smallest absolute Gasteiger partial charge is 0.303 e. The van der Waals surface area contributed by atoms with Gasteiger partial charge in [-0.05, 0) is 29.7 Å². The molecule has 0 N–H and O–H groups in total. The third-order valence-corrected chi connectivity index (χ3v) is 3.99. The highest BCUT2D eigenvalue weighted by atomic mass is 19.1. The van der Waals surface area contributed by atoms with E-state index in [1.807, 2.05) is 23.1 Å². The summed E-state index contributed by atoms with van der Waals surface area (Å²) in [7, 11) is 0. The second-order valence-corrected chi connectivity index (χ2v) is 5.28. The van der Waals surface area contributed by atoms with Gasteiger partial charge in [0.2, 0.25) is 0 Å². The predicted octanol–water partition coefficient (Wildman–Crippen LogP) is 3.40. The fourth-order valence-electron chi connectivity index (χ4n) is 2.89. The summed E-state index contributed by atoms with van der Waals surface area (Å²) in [4.78, 5) is 16.9. The number of hydrogen-bond acceptors (Lipinski definition) is 4. The van der Waals surface area contributed by atoms with Crippen molar-refractivity contribution in [1.29, 1.82) is 0 Å². The van der Waals surface area contributed by atoms with Crippen LogP contribution in [0.2, 0.25) is 0 Å². The molecule has 3 aromatic rings. The highest BCUT2D eigenvalue weighted by molar-refractivity contribution is 5.79. The third kappa shape index (κ3) is 1.89. The van der Waals surface area contributed by atoms with Gasteiger partial charge in [-0.1, -0.05) is 24.3 Å². The average molecular weight is 296 g/mol. The van der Waals surface area contributed by atoms with Crippen LogP contribution >= 0.6 is 0 Å². The molecule has 0 bridgehead atoms. The van der Waals surface area contributed by atoms with Crippen LogP contribution in [0.4, 0.5) is 16.1 Å². The zero-order valence-corrected chi connectivity index (χ0v) is 11.8. The van der Waals surface area contributed by atoms with Crippen molar-refractivity contribution in [3.63, 3.8) is 0 Å². The van der Waals surface area contributed by atoms with Gasteiger partial charge in [-0.25, -0.2) is 4.39 Å². The van der Waals surface area contributed by atoms with Gasteiger partial charge >= 0.3 is 6.01 Å². The van der Waals surface area contributed by atoms with E-state index >= 15 is 0 Å². The molecule has 4 rings (SSSR count). The molecule has 22 heavy (non-hydrogen) atoms. The first-order chi connectivity index (χ1) is 10.8. The van der Waals surface area contributed by atoms with E-state index in [1.165, 1.54) is 5.56 Å². The first kappa shape index (κ1) is 13.0. The molecule has 110 valence electrons. The monoisotopic (exact) mass is 296 g/mol. The van der Waals surface area contributed by atoms with Crippen molar-refractivity contribution in [2.24, 2.45) is 0 Å². The molecular formula is C17H13FN2O2. The van der Waals surface area contributed by atoms with Crippen LogP contribution in [0.3, 0.4) is 0 Å². The number of benzene rings is 2. The summed E-state index contributed by atoms with van der Waals surface area (Å²) in [6.45, 7) is 0.759. The van der Waals surface area contributed by atoms with Gasteiger partial charge < -0.3 is 9.21 Å². The van der Waals surface area contributed by atoms with Gasteiger partial charge in [0.1, 0.15) is 11.8 Å². The number of rotatable bonds is 3. The molecule has 0 saturated carbocycles. The lowest BCUT2D eigenvalue weighted by Crippen LogP contribution is -2.13. The van der Waals surface area contributed by atoms with Gasteiger partial charge in [-0.3, -0.25) is 4.90 Å². The minimum atomic E-state index is -0.504. The Morgan fingerprint density at radius 2 is 2.14 bits per heavy atom. The minimum Gasteiger partial charge on any atom is -0.420 e. The molecule has 0 saturated heterocycles. The van der Waals surface area contributed by atoms with E-state index < -0.39 is 5.82 Å².